The minimum Gasteiger partial charge on any atom is -0.497 e. The molecule has 0 unspecified atom stereocenters. The second-order valence-electron chi connectivity index (χ2n) is 5.51. The summed E-state index contributed by atoms with van der Waals surface area (Å²) < 4.78 is 21.1. The van der Waals surface area contributed by atoms with Gasteiger partial charge in [0.05, 0.1) is 27.1 Å². The Morgan fingerprint density at radius 3 is 2.43 bits per heavy atom. The first-order valence-electron chi connectivity index (χ1n) is 8.25. The number of thioether (sulfide) groups is 1. The van der Waals surface area contributed by atoms with Gasteiger partial charge < -0.3 is 23.9 Å². The van der Waals surface area contributed by atoms with Gasteiger partial charge in [-0.15, -0.1) is 10.2 Å². The first-order chi connectivity index (χ1) is 13.6. The van der Waals surface area contributed by atoms with Gasteiger partial charge in [-0.1, -0.05) is 11.8 Å². The van der Waals surface area contributed by atoms with Crippen molar-refractivity contribution in [1.82, 2.24) is 10.2 Å². The van der Waals surface area contributed by atoms with Crippen LogP contribution in [0.5, 0.6) is 17.2 Å². The van der Waals surface area contributed by atoms with Gasteiger partial charge in [0.2, 0.25) is 11.8 Å². The highest BCUT2D eigenvalue weighted by Gasteiger charge is 2.12. The van der Waals surface area contributed by atoms with Gasteiger partial charge in [-0.3, -0.25) is 4.79 Å². The number of aromatic nitrogens is 2. The van der Waals surface area contributed by atoms with Crippen molar-refractivity contribution in [2.24, 2.45) is 0 Å². The summed E-state index contributed by atoms with van der Waals surface area (Å²) in [6.45, 7) is 0. The first-order valence-corrected chi connectivity index (χ1v) is 9.24. The van der Waals surface area contributed by atoms with Gasteiger partial charge in [-0.05, 0) is 36.4 Å². The smallest absolute Gasteiger partial charge is 0.277 e. The van der Waals surface area contributed by atoms with Crippen LogP contribution in [0.4, 0.5) is 5.69 Å². The summed E-state index contributed by atoms with van der Waals surface area (Å²) in [6, 6.07) is 12.4. The molecule has 0 aliphatic carbocycles. The highest BCUT2D eigenvalue weighted by Crippen LogP contribution is 2.30. The van der Waals surface area contributed by atoms with E-state index in [1.54, 1.807) is 32.4 Å². The van der Waals surface area contributed by atoms with Gasteiger partial charge >= 0.3 is 0 Å². The number of rotatable bonds is 8. The van der Waals surface area contributed by atoms with E-state index in [9.17, 15) is 4.79 Å². The van der Waals surface area contributed by atoms with E-state index in [4.69, 9.17) is 18.6 Å². The third-order valence-electron chi connectivity index (χ3n) is 3.74. The molecule has 3 rings (SSSR count). The maximum Gasteiger partial charge on any atom is 0.277 e. The molecule has 0 aliphatic heterocycles. The van der Waals surface area contributed by atoms with Gasteiger partial charge in [0, 0.05) is 17.3 Å². The Morgan fingerprint density at radius 1 is 1.00 bits per heavy atom. The fourth-order valence-corrected chi connectivity index (χ4v) is 2.92. The third kappa shape index (κ3) is 4.74. The van der Waals surface area contributed by atoms with E-state index < -0.39 is 0 Å². The molecule has 1 amide bonds. The fraction of sp³-hybridized carbons (Fsp3) is 0.211. The Balaban J connectivity index is 1.57. The molecule has 0 saturated carbocycles. The van der Waals surface area contributed by atoms with E-state index in [2.05, 4.69) is 15.5 Å². The van der Waals surface area contributed by atoms with Crippen LogP contribution in [0.2, 0.25) is 0 Å². The first kappa shape index (κ1) is 19.6. The number of hydrogen-bond donors (Lipinski definition) is 1. The molecular formula is C19H19N3O5S. The molecule has 28 heavy (non-hydrogen) atoms. The summed E-state index contributed by atoms with van der Waals surface area (Å²) in [5.41, 5.74) is 1.38. The lowest BCUT2D eigenvalue weighted by Gasteiger charge is -2.10. The standard InChI is InChI=1S/C19H19N3O5S/c1-24-14-7-4-12(5-8-14)18-21-22-19(27-18)28-11-17(23)20-13-6-9-15(25-2)16(10-13)26-3/h4-10H,11H2,1-3H3,(H,20,23). The molecule has 0 fully saturated rings. The summed E-state index contributed by atoms with van der Waals surface area (Å²) in [6.07, 6.45) is 0. The molecule has 8 nitrogen and oxygen atoms in total. The Morgan fingerprint density at radius 2 is 1.75 bits per heavy atom. The Bertz CT molecular complexity index is 943. The summed E-state index contributed by atoms with van der Waals surface area (Å²) in [5, 5.41) is 11.1. The number of nitrogens with zero attached hydrogens (tertiary/aromatic N) is 2. The van der Waals surface area contributed by atoms with Crippen molar-refractivity contribution in [3.05, 3.63) is 42.5 Å². The predicted octanol–water partition coefficient (Wildman–Crippen LogP) is 3.49. The van der Waals surface area contributed by atoms with Crippen LogP contribution >= 0.6 is 11.8 Å². The van der Waals surface area contributed by atoms with Crippen LogP contribution in [-0.2, 0) is 4.79 Å². The Kier molecular flexibility index (Phi) is 6.38. The molecule has 9 heteroatoms. The van der Waals surface area contributed by atoms with Gasteiger partial charge in [0.25, 0.3) is 5.22 Å². The third-order valence-corrected chi connectivity index (χ3v) is 4.56. The maximum absolute atomic E-state index is 12.2. The molecule has 1 N–H and O–H groups in total. The number of anilines is 1. The van der Waals surface area contributed by atoms with Crippen molar-refractivity contribution >= 4 is 23.4 Å². The molecule has 1 aromatic heterocycles. The van der Waals surface area contributed by atoms with Crippen LogP contribution in [0.15, 0.2) is 52.1 Å². The summed E-state index contributed by atoms with van der Waals surface area (Å²) in [7, 11) is 4.69. The Labute approximate surface area is 166 Å². The molecule has 146 valence electrons. The van der Waals surface area contributed by atoms with E-state index in [0.717, 1.165) is 23.1 Å². The van der Waals surface area contributed by atoms with Crippen LogP contribution in [-0.4, -0.2) is 43.2 Å². The zero-order valence-corrected chi connectivity index (χ0v) is 16.4. The molecular weight excluding hydrogens is 382 g/mol. The average Bonchev–Trinajstić information content (AvgIpc) is 3.21. The van der Waals surface area contributed by atoms with Crippen molar-refractivity contribution in [3.63, 3.8) is 0 Å². The zero-order chi connectivity index (χ0) is 19.9. The van der Waals surface area contributed by atoms with Crippen LogP contribution in [0, 0.1) is 0 Å². The minimum atomic E-state index is -0.207. The number of carbonyl (C=O) groups is 1. The van der Waals surface area contributed by atoms with E-state index in [1.807, 2.05) is 24.3 Å². The minimum absolute atomic E-state index is 0.124. The monoisotopic (exact) mass is 401 g/mol. The molecule has 0 atom stereocenters. The molecule has 0 radical (unpaired) electrons. The van der Waals surface area contributed by atoms with Gasteiger partial charge in [-0.25, -0.2) is 0 Å². The summed E-state index contributed by atoms with van der Waals surface area (Å²) in [4.78, 5) is 12.2. The number of benzene rings is 2. The van der Waals surface area contributed by atoms with E-state index in [1.165, 1.54) is 7.11 Å². The highest BCUT2D eigenvalue weighted by atomic mass is 32.2. The molecule has 0 saturated heterocycles. The SMILES string of the molecule is COc1ccc(-c2nnc(SCC(=O)Nc3ccc(OC)c(OC)c3)o2)cc1. The molecule has 0 bridgehead atoms. The van der Waals surface area contributed by atoms with Crippen LogP contribution < -0.4 is 19.5 Å². The number of nitrogens with one attached hydrogen (secondary N) is 1. The van der Waals surface area contributed by atoms with Crippen molar-refractivity contribution in [2.75, 3.05) is 32.4 Å². The van der Waals surface area contributed by atoms with Gasteiger partial charge in [0.15, 0.2) is 11.5 Å². The van der Waals surface area contributed by atoms with Crippen molar-refractivity contribution in [2.45, 2.75) is 5.22 Å². The summed E-state index contributed by atoms with van der Waals surface area (Å²) >= 11 is 1.16. The lowest BCUT2D eigenvalue weighted by atomic mass is 10.2. The molecule has 0 aliphatic rings. The lowest BCUT2D eigenvalue weighted by Crippen LogP contribution is -2.14. The van der Waals surface area contributed by atoms with Crippen LogP contribution in [0.3, 0.4) is 0 Å². The van der Waals surface area contributed by atoms with E-state index in [0.29, 0.717) is 28.3 Å². The van der Waals surface area contributed by atoms with Crippen LogP contribution in [0.25, 0.3) is 11.5 Å². The van der Waals surface area contributed by atoms with Gasteiger partial charge in [-0.2, -0.15) is 0 Å². The quantitative estimate of drug-likeness (QED) is 0.573. The second kappa shape index (κ2) is 9.14. The fourth-order valence-electron chi connectivity index (χ4n) is 2.36. The number of carbonyl (C=O) groups excluding carboxylic acids is 1. The lowest BCUT2D eigenvalue weighted by molar-refractivity contribution is -0.113. The normalized spacial score (nSPS) is 10.4. The predicted molar refractivity (Wildman–Crippen MR) is 105 cm³/mol. The highest BCUT2D eigenvalue weighted by molar-refractivity contribution is 7.99. The topological polar surface area (TPSA) is 95.7 Å². The van der Waals surface area contributed by atoms with Gasteiger partial charge in [0.1, 0.15) is 5.75 Å². The second-order valence-corrected chi connectivity index (χ2v) is 6.43. The molecule has 2 aromatic carbocycles. The van der Waals surface area contributed by atoms with Crippen LogP contribution in [0.1, 0.15) is 0 Å². The number of hydrogen-bond acceptors (Lipinski definition) is 8. The van der Waals surface area contributed by atoms with Crippen molar-refractivity contribution in [1.29, 1.82) is 0 Å². The van der Waals surface area contributed by atoms with Crippen molar-refractivity contribution in [3.8, 4) is 28.7 Å². The van der Waals surface area contributed by atoms with Crippen molar-refractivity contribution < 1.29 is 23.4 Å². The molecule has 3 aromatic rings. The number of methoxy groups -OCH3 is 3. The largest absolute Gasteiger partial charge is 0.497 e. The summed E-state index contributed by atoms with van der Waals surface area (Å²) in [5.74, 6) is 2.16. The number of ether oxygens (including phenoxy) is 3. The zero-order valence-electron chi connectivity index (χ0n) is 15.6. The molecule has 1 heterocycles. The Hall–Kier alpha value is -3.20. The molecule has 0 spiro atoms. The van der Waals surface area contributed by atoms with E-state index >= 15 is 0 Å². The number of amides is 1. The van der Waals surface area contributed by atoms with E-state index in [-0.39, 0.29) is 11.7 Å². The maximum atomic E-state index is 12.2. The average molecular weight is 401 g/mol.